The van der Waals surface area contributed by atoms with Gasteiger partial charge >= 0.3 is 0 Å². The molecule has 1 aliphatic rings. The van der Waals surface area contributed by atoms with E-state index in [1.165, 1.54) is 11.1 Å². The Morgan fingerprint density at radius 2 is 1.90 bits per heavy atom. The zero-order valence-corrected chi connectivity index (χ0v) is 18.5. The van der Waals surface area contributed by atoms with Gasteiger partial charge in [0.15, 0.2) is 0 Å². The van der Waals surface area contributed by atoms with Gasteiger partial charge in [0.2, 0.25) is 5.91 Å². The molecule has 3 rings (SSSR count). The molecule has 1 aliphatic heterocycles. The van der Waals surface area contributed by atoms with Crippen LogP contribution in [-0.4, -0.2) is 60.5 Å². The number of carbonyl (C=O) groups excluding carboxylic acids is 1. The van der Waals surface area contributed by atoms with Crippen LogP contribution < -0.4 is 0 Å². The van der Waals surface area contributed by atoms with Crippen molar-refractivity contribution in [1.29, 1.82) is 0 Å². The maximum Gasteiger partial charge on any atom is 0.269 e. The summed E-state index contributed by atoms with van der Waals surface area (Å²) in [5.74, 6) is 0.693. The fraction of sp³-hybridized carbons (Fsp3) is 0.458. The van der Waals surface area contributed by atoms with Crippen LogP contribution in [-0.2, 0) is 16.1 Å². The molecule has 31 heavy (non-hydrogen) atoms. The summed E-state index contributed by atoms with van der Waals surface area (Å²) in [5.41, 5.74) is 3.75. The number of hydrogen-bond donors (Lipinski definition) is 0. The summed E-state index contributed by atoms with van der Waals surface area (Å²) in [6.07, 6.45) is 0. The maximum absolute atomic E-state index is 12.2. The van der Waals surface area contributed by atoms with Gasteiger partial charge in [-0.25, -0.2) is 0 Å². The molecular weight excluding hydrogens is 394 g/mol. The van der Waals surface area contributed by atoms with Gasteiger partial charge in [-0.1, -0.05) is 36.4 Å². The second kappa shape index (κ2) is 10.5. The second-order valence-electron chi connectivity index (χ2n) is 8.30. The van der Waals surface area contributed by atoms with E-state index in [2.05, 4.69) is 36.1 Å². The molecule has 166 valence electrons. The van der Waals surface area contributed by atoms with E-state index in [-0.39, 0.29) is 16.5 Å². The van der Waals surface area contributed by atoms with E-state index in [1.807, 2.05) is 17.0 Å². The number of non-ortho nitro benzene ring substituents is 1. The zero-order valence-electron chi connectivity index (χ0n) is 18.5. The molecule has 2 atom stereocenters. The molecule has 0 N–H and O–H groups in total. The molecule has 2 aromatic rings. The van der Waals surface area contributed by atoms with Crippen LogP contribution >= 0.6 is 0 Å². The first kappa shape index (κ1) is 22.9. The minimum Gasteiger partial charge on any atom is -0.383 e. The van der Waals surface area contributed by atoms with E-state index in [4.69, 9.17) is 4.74 Å². The number of nitro benzene ring substituents is 1. The number of rotatable bonds is 9. The Kier molecular flexibility index (Phi) is 7.76. The number of nitrogens with zero attached hydrogens (tertiary/aromatic N) is 3. The molecular formula is C24H31N3O4. The van der Waals surface area contributed by atoms with Crippen LogP contribution in [0.2, 0.25) is 0 Å². The van der Waals surface area contributed by atoms with Crippen molar-refractivity contribution in [2.45, 2.75) is 26.3 Å². The number of hydrogen-bond acceptors (Lipinski definition) is 5. The van der Waals surface area contributed by atoms with Crippen LogP contribution in [0.4, 0.5) is 5.69 Å². The highest BCUT2D eigenvalue weighted by Gasteiger charge is 2.36. The van der Waals surface area contributed by atoms with E-state index in [0.29, 0.717) is 31.5 Å². The molecule has 0 saturated carbocycles. The Bertz CT molecular complexity index is 900. The van der Waals surface area contributed by atoms with Gasteiger partial charge in [-0.3, -0.25) is 19.8 Å². The lowest BCUT2D eigenvalue weighted by Gasteiger charge is -2.28. The van der Waals surface area contributed by atoms with E-state index in [9.17, 15) is 14.9 Å². The first-order valence-electron chi connectivity index (χ1n) is 10.6. The monoisotopic (exact) mass is 425 g/mol. The predicted octanol–water partition coefficient (Wildman–Crippen LogP) is 3.61. The van der Waals surface area contributed by atoms with Gasteiger partial charge in [-0.15, -0.1) is 0 Å². The summed E-state index contributed by atoms with van der Waals surface area (Å²) >= 11 is 0. The Morgan fingerprint density at radius 1 is 1.19 bits per heavy atom. The highest BCUT2D eigenvalue weighted by atomic mass is 16.6. The average Bonchev–Trinajstić information content (AvgIpc) is 3.13. The molecule has 1 heterocycles. The van der Waals surface area contributed by atoms with E-state index >= 15 is 0 Å². The number of carbonyl (C=O) groups is 1. The number of likely N-dealkylation sites (tertiary alicyclic amines) is 1. The lowest BCUT2D eigenvalue weighted by Crippen LogP contribution is -2.38. The van der Waals surface area contributed by atoms with Gasteiger partial charge in [0.1, 0.15) is 0 Å². The van der Waals surface area contributed by atoms with E-state index in [0.717, 1.165) is 25.2 Å². The van der Waals surface area contributed by atoms with Crippen molar-refractivity contribution in [2.24, 2.45) is 5.92 Å². The van der Waals surface area contributed by atoms with Crippen molar-refractivity contribution in [2.75, 3.05) is 39.9 Å². The predicted molar refractivity (Wildman–Crippen MR) is 120 cm³/mol. The molecule has 0 aliphatic carbocycles. The van der Waals surface area contributed by atoms with Crippen LogP contribution in [0.3, 0.4) is 0 Å². The summed E-state index contributed by atoms with van der Waals surface area (Å²) in [6, 6.07) is 15.2. The number of aryl methyl sites for hydroxylation is 1. The molecule has 0 aromatic heterocycles. The summed E-state index contributed by atoms with van der Waals surface area (Å²) in [6.45, 7) is 8.04. The van der Waals surface area contributed by atoms with Crippen LogP contribution in [0.15, 0.2) is 48.5 Å². The van der Waals surface area contributed by atoms with Gasteiger partial charge < -0.3 is 9.64 Å². The summed E-state index contributed by atoms with van der Waals surface area (Å²) in [7, 11) is 1.65. The first-order valence-corrected chi connectivity index (χ1v) is 10.6. The Labute approximate surface area is 183 Å². The quantitative estimate of drug-likeness (QED) is 0.453. The first-order chi connectivity index (χ1) is 14.9. The fourth-order valence-corrected chi connectivity index (χ4v) is 4.47. The van der Waals surface area contributed by atoms with Crippen molar-refractivity contribution >= 4 is 11.6 Å². The van der Waals surface area contributed by atoms with Crippen LogP contribution in [0.1, 0.15) is 29.5 Å². The standard InChI is InChI=1S/C24H31N3O4/c1-18-6-4-5-7-23(18)24-17-25(14-20-8-10-22(11-9-20)27(29)30)15-21(24)16-26(19(2)28)12-13-31-3/h4-11,21,24H,12-17H2,1-3H3/t21-,24+/m1/s1. The lowest BCUT2D eigenvalue weighted by molar-refractivity contribution is -0.384. The number of benzene rings is 2. The molecule has 0 bridgehead atoms. The second-order valence-corrected chi connectivity index (χ2v) is 8.30. The average molecular weight is 426 g/mol. The molecule has 1 fully saturated rings. The number of ether oxygens (including phenoxy) is 1. The Balaban J connectivity index is 1.78. The van der Waals surface area contributed by atoms with Crippen LogP contribution in [0.25, 0.3) is 0 Å². The lowest BCUT2D eigenvalue weighted by atomic mass is 9.86. The minimum absolute atomic E-state index is 0.0643. The minimum atomic E-state index is -0.375. The largest absolute Gasteiger partial charge is 0.383 e. The highest BCUT2D eigenvalue weighted by molar-refractivity contribution is 5.73. The summed E-state index contributed by atoms with van der Waals surface area (Å²) < 4.78 is 5.19. The smallest absolute Gasteiger partial charge is 0.269 e. The molecule has 0 radical (unpaired) electrons. The van der Waals surface area contributed by atoms with E-state index in [1.54, 1.807) is 26.2 Å². The van der Waals surface area contributed by atoms with Gasteiger partial charge in [0.25, 0.3) is 5.69 Å². The third-order valence-corrected chi connectivity index (χ3v) is 6.12. The number of amides is 1. The topological polar surface area (TPSA) is 75.9 Å². The normalized spacial score (nSPS) is 18.8. The van der Waals surface area contributed by atoms with Gasteiger partial charge in [-0.2, -0.15) is 0 Å². The van der Waals surface area contributed by atoms with Crippen molar-refractivity contribution in [1.82, 2.24) is 9.80 Å². The third kappa shape index (κ3) is 5.89. The van der Waals surface area contributed by atoms with Gasteiger partial charge in [0.05, 0.1) is 11.5 Å². The molecule has 1 saturated heterocycles. The Hall–Kier alpha value is -2.77. The molecule has 0 unspecified atom stereocenters. The SMILES string of the molecule is COCCN(C[C@H]1CN(Cc2ccc([N+](=O)[O-])cc2)C[C@@H]1c1ccccc1C)C(C)=O. The molecule has 7 heteroatoms. The maximum atomic E-state index is 12.2. The summed E-state index contributed by atoms with van der Waals surface area (Å²) in [5, 5.41) is 10.9. The van der Waals surface area contributed by atoms with Gasteiger partial charge in [0, 0.05) is 64.8 Å². The fourth-order valence-electron chi connectivity index (χ4n) is 4.47. The summed E-state index contributed by atoms with van der Waals surface area (Å²) in [4.78, 5) is 27.0. The number of nitro groups is 1. The highest BCUT2D eigenvalue weighted by Crippen LogP contribution is 2.35. The van der Waals surface area contributed by atoms with Crippen molar-refractivity contribution in [3.05, 3.63) is 75.3 Å². The third-order valence-electron chi connectivity index (χ3n) is 6.12. The molecule has 7 nitrogen and oxygen atoms in total. The van der Waals surface area contributed by atoms with Crippen LogP contribution in [0, 0.1) is 23.0 Å². The molecule has 2 aromatic carbocycles. The van der Waals surface area contributed by atoms with Gasteiger partial charge in [-0.05, 0) is 29.5 Å². The van der Waals surface area contributed by atoms with Crippen molar-refractivity contribution < 1.29 is 14.5 Å². The van der Waals surface area contributed by atoms with Crippen molar-refractivity contribution in [3.63, 3.8) is 0 Å². The van der Waals surface area contributed by atoms with Crippen molar-refractivity contribution in [3.8, 4) is 0 Å². The van der Waals surface area contributed by atoms with E-state index < -0.39 is 0 Å². The van der Waals surface area contributed by atoms with Crippen LogP contribution in [0.5, 0.6) is 0 Å². The molecule has 1 amide bonds. The number of methoxy groups -OCH3 is 1. The zero-order chi connectivity index (χ0) is 22.4. The molecule has 0 spiro atoms. The Morgan fingerprint density at radius 3 is 2.52 bits per heavy atom.